The van der Waals surface area contributed by atoms with Gasteiger partial charge in [0.15, 0.2) is 0 Å². The van der Waals surface area contributed by atoms with Crippen molar-refractivity contribution in [2.45, 2.75) is 33.4 Å². The van der Waals surface area contributed by atoms with Gasteiger partial charge < -0.3 is 4.74 Å². The van der Waals surface area contributed by atoms with E-state index in [9.17, 15) is 9.59 Å². The minimum atomic E-state index is -0.381. The van der Waals surface area contributed by atoms with Gasteiger partial charge in [0.05, 0.1) is 6.61 Å². The van der Waals surface area contributed by atoms with Crippen LogP contribution in [0.15, 0.2) is 17.2 Å². The second-order valence-corrected chi connectivity index (χ2v) is 3.21. The van der Waals surface area contributed by atoms with Gasteiger partial charge in [-0.15, -0.1) is 0 Å². The molecule has 1 aromatic rings. The Morgan fingerprint density at radius 2 is 2.00 bits per heavy atom. The summed E-state index contributed by atoms with van der Waals surface area (Å²) in [5, 5.41) is 0. The van der Waals surface area contributed by atoms with Crippen molar-refractivity contribution < 1.29 is 9.53 Å². The number of carbonyl (C=O) groups excluding carboxylic acids is 1. The molecule has 15 heavy (non-hydrogen) atoms. The monoisotopic (exact) mass is 212 g/mol. The molecule has 0 unspecified atom stereocenters. The number of aryl methyl sites for hydroxylation is 1. The number of hydrogen-bond donors (Lipinski definition) is 0. The third-order valence-corrected chi connectivity index (χ3v) is 1.99. The SMILES string of the molecule is CCCn1ccn(CC(=O)OCC)c1=O. The molecule has 1 aromatic heterocycles. The summed E-state index contributed by atoms with van der Waals surface area (Å²) >= 11 is 0. The first-order chi connectivity index (χ1) is 7.19. The van der Waals surface area contributed by atoms with E-state index in [0.29, 0.717) is 13.2 Å². The number of rotatable bonds is 5. The van der Waals surface area contributed by atoms with Gasteiger partial charge in [0.1, 0.15) is 6.54 Å². The average molecular weight is 212 g/mol. The molecule has 0 aliphatic rings. The van der Waals surface area contributed by atoms with Gasteiger partial charge in [-0.1, -0.05) is 6.92 Å². The van der Waals surface area contributed by atoms with Crippen molar-refractivity contribution >= 4 is 5.97 Å². The Balaban J connectivity index is 2.70. The quantitative estimate of drug-likeness (QED) is 0.672. The molecule has 0 saturated heterocycles. The maximum Gasteiger partial charge on any atom is 0.328 e. The minimum absolute atomic E-state index is 0.0105. The molecule has 1 heterocycles. The molecule has 0 saturated carbocycles. The fraction of sp³-hybridized carbons (Fsp3) is 0.600. The van der Waals surface area contributed by atoms with Crippen molar-refractivity contribution in [3.05, 3.63) is 22.9 Å². The van der Waals surface area contributed by atoms with Crippen molar-refractivity contribution in [2.24, 2.45) is 0 Å². The molecule has 0 atom stereocenters. The Bertz CT molecular complexity index is 378. The number of ether oxygens (including phenoxy) is 1. The Kier molecular flexibility index (Phi) is 4.15. The van der Waals surface area contributed by atoms with Crippen LogP contribution in [0.4, 0.5) is 0 Å². The molecule has 84 valence electrons. The molecule has 0 amide bonds. The van der Waals surface area contributed by atoms with Crippen LogP contribution in [0.5, 0.6) is 0 Å². The van der Waals surface area contributed by atoms with E-state index in [0.717, 1.165) is 6.42 Å². The fourth-order valence-electron chi connectivity index (χ4n) is 1.33. The Morgan fingerprint density at radius 3 is 2.60 bits per heavy atom. The van der Waals surface area contributed by atoms with E-state index in [2.05, 4.69) is 0 Å². The van der Waals surface area contributed by atoms with E-state index in [1.165, 1.54) is 4.57 Å². The lowest BCUT2D eigenvalue weighted by atomic mass is 10.5. The Labute approximate surface area is 88.3 Å². The molecule has 0 spiro atoms. The second kappa shape index (κ2) is 5.38. The molecule has 1 rings (SSSR count). The van der Waals surface area contributed by atoms with Crippen molar-refractivity contribution in [1.29, 1.82) is 0 Å². The highest BCUT2D eigenvalue weighted by molar-refractivity contribution is 5.69. The van der Waals surface area contributed by atoms with Gasteiger partial charge in [-0.25, -0.2) is 4.79 Å². The van der Waals surface area contributed by atoms with Crippen LogP contribution in [0.25, 0.3) is 0 Å². The topological polar surface area (TPSA) is 53.2 Å². The maximum atomic E-state index is 11.6. The van der Waals surface area contributed by atoms with Crippen LogP contribution in [-0.4, -0.2) is 21.7 Å². The largest absolute Gasteiger partial charge is 0.465 e. The van der Waals surface area contributed by atoms with E-state index >= 15 is 0 Å². The van der Waals surface area contributed by atoms with Crippen molar-refractivity contribution in [3.63, 3.8) is 0 Å². The lowest BCUT2D eigenvalue weighted by Gasteiger charge is -2.01. The summed E-state index contributed by atoms with van der Waals surface area (Å²) in [4.78, 5) is 22.8. The fourth-order valence-corrected chi connectivity index (χ4v) is 1.33. The van der Waals surface area contributed by atoms with E-state index in [1.54, 1.807) is 23.9 Å². The number of carbonyl (C=O) groups is 1. The van der Waals surface area contributed by atoms with Crippen LogP contribution in [-0.2, 0) is 22.6 Å². The molecule has 5 nitrogen and oxygen atoms in total. The van der Waals surface area contributed by atoms with Crippen LogP contribution >= 0.6 is 0 Å². The third-order valence-electron chi connectivity index (χ3n) is 1.99. The van der Waals surface area contributed by atoms with Crippen LogP contribution in [0.3, 0.4) is 0 Å². The van der Waals surface area contributed by atoms with Crippen molar-refractivity contribution in [1.82, 2.24) is 9.13 Å². The summed E-state index contributed by atoms with van der Waals surface area (Å²) < 4.78 is 7.70. The smallest absolute Gasteiger partial charge is 0.328 e. The van der Waals surface area contributed by atoms with E-state index in [-0.39, 0.29) is 18.2 Å². The Morgan fingerprint density at radius 1 is 1.33 bits per heavy atom. The first kappa shape index (κ1) is 11.6. The van der Waals surface area contributed by atoms with Crippen molar-refractivity contribution in [2.75, 3.05) is 6.61 Å². The molecule has 5 heteroatoms. The summed E-state index contributed by atoms with van der Waals surface area (Å²) in [6, 6.07) is 0. The average Bonchev–Trinajstić information content (AvgIpc) is 2.51. The van der Waals surface area contributed by atoms with Gasteiger partial charge >= 0.3 is 11.7 Å². The zero-order valence-corrected chi connectivity index (χ0v) is 9.10. The predicted molar refractivity (Wildman–Crippen MR) is 55.6 cm³/mol. The van der Waals surface area contributed by atoms with E-state index in [4.69, 9.17) is 4.74 Å². The molecular formula is C10H16N2O3. The first-order valence-electron chi connectivity index (χ1n) is 5.10. The highest BCUT2D eigenvalue weighted by atomic mass is 16.5. The highest BCUT2D eigenvalue weighted by Gasteiger charge is 2.07. The Hall–Kier alpha value is -1.52. The molecule has 0 bridgehead atoms. The summed E-state index contributed by atoms with van der Waals surface area (Å²) in [6.07, 6.45) is 4.18. The molecule has 0 fully saturated rings. The third kappa shape index (κ3) is 2.97. The highest BCUT2D eigenvalue weighted by Crippen LogP contribution is 1.90. The summed E-state index contributed by atoms with van der Waals surface area (Å²) in [5.74, 6) is -0.381. The van der Waals surface area contributed by atoms with E-state index in [1.807, 2.05) is 6.92 Å². The van der Waals surface area contributed by atoms with E-state index < -0.39 is 0 Å². The van der Waals surface area contributed by atoms with Gasteiger partial charge in [0.2, 0.25) is 0 Å². The van der Waals surface area contributed by atoms with Crippen LogP contribution < -0.4 is 5.69 Å². The standard InChI is InChI=1S/C10H16N2O3/c1-3-5-11-6-7-12(10(11)14)8-9(13)15-4-2/h6-7H,3-5,8H2,1-2H3. The number of esters is 1. The summed E-state index contributed by atoms with van der Waals surface area (Å²) in [7, 11) is 0. The van der Waals surface area contributed by atoms with Gasteiger partial charge in [-0.2, -0.15) is 0 Å². The normalized spacial score (nSPS) is 10.3. The number of aromatic nitrogens is 2. The molecular weight excluding hydrogens is 196 g/mol. The molecule has 0 radical (unpaired) electrons. The molecule has 0 aliphatic carbocycles. The van der Waals surface area contributed by atoms with Gasteiger partial charge in [-0.05, 0) is 13.3 Å². The lowest BCUT2D eigenvalue weighted by Crippen LogP contribution is -2.27. The van der Waals surface area contributed by atoms with Gasteiger partial charge in [0.25, 0.3) is 0 Å². The maximum absolute atomic E-state index is 11.6. The minimum Gasteiger partial charge on any atom is -0.465 e. The number of imidazole rings is 1. The predicted octanol–water partition coefficient (Wildman–Crippen LogP) is 0.623. The van der Waals surface area contributed by atoms with Gasteiger partial charge in [-0.3, -0.25) is 13.9 Å². The second-order valence-electron chi connectivity index (χ2n) is 3.21. The molecule has 0 aliphatic heterocycles. The van der Waals surface area contributed by atoms with Crippen LogP contribution in [0, 0.1) is 0 Å². The summed E-state index contributed by atoms with van der Waals surface area (Å²) in [6.45, 7) is 4.74. The number of hydrogen-bond acceptors (Lipinski definition) is 3. The molecule has 0 N–H and O–H groups in total. The first-order valence-corrected chi connectivity index (χ1v) is 5.10. The van der Waals surface area contributed by atoms with Crippen LogP contribution in [0.2, 0.25) is 0 Å². The zero-order chi connectivity index (χ0) is 11.3. The number of nitrogens with zero attached hydrogens (tertiary/aromatic N) is 2. The van der Waals surface area contributed by atoms with Crippen LogP contribution in [0.1, 0.15) is 20.3 Å². The lowest BCUT2D eigenvalue weighted by molar-refractivity contribution is -0.143. The van der Waals surface area contributed by atoms with Gasteiger partial charge in [0, 0.05) is 18.9 Å². The molecule has 0 aromatic carbocycles. The zero-order valence-electron chi connectivity index (χ0n) is 9.10. The summed E-state index contributed by atoms with van der Waals surface area (Å²) in [5.41, 5.74) is -0.162. The van der Waals surface area contributed by atoms with Crippen molar-refractivity contribution in [3.8, 4) is 0 Å².